The van der Waals surface area contributed by atoms with Crippen molar-refractivity contribution in [2.75, 3.05) is 6.54 Å². The summed E-state index contributed by atoms with van der Waals surface area (Å²) in [6, 6.07) is 12.8. The average molecular weight is 334 g/mol. The van der Waals surface area contributed by atoms with E-state index in [9.17, 15) is 0 Å². The van der Waals surface area contributed by atoms with E-state index in [-0.39, 0.29) is 6.04 Å². The fraction of sp³-hybridized carbons (Fsp3) is 0.350. The highest BCUT2D eigenvalue weighted by Crippen LogP contribution is 2.32. The van der Waals surface area contributed by atoms with Gasteiger partial charge in [0, 0.05) is 24.5 Å². The molecule has 5 heteroatoms. The first-order chi connectivity index (χ1) is 12.3. The normalized spacial score (nSPS) is 18.4. The quantitative estimate of drug-likeness (QED) is 0.717. The molecule has 1 saturated heterocycles. The van der Waals surface area contributed by atoms with Crippen LogP contribution in [0.15, 0.2) is 53.3 Å². The summed E-state index contributed by atoms with van der Waals surface area (Å²) in [7, 11) is 0. The molecule has 2 aromatic heterocycles. The van der Waals surface area contributed by atoms with E-state index in [0.29, 0.717) is 11.7 Å². The maximum atomic E-state index is 5.62. The van der Waals surface area contributed by atoms with Crippen molar-refractivity contribution in [1.29, 1.82) is 0 Å². The Kier molecular flexibility index (Phi) is 4.57. The van der Waals surface area contributed by atoms with Gasteiger partial charge in [-0.15, -0.1) is 0 Å². The first kappa shape index (κ1) is 16.0. The van der Waals surface area contributed by atoms with Crippen LogP contribution >= 0.6 is 0 Å². The molecular weight excluding hydrogens is 312 g/mol. The second-order valence-corrected chi connectivity index (χ2v) is 6.67. The van der Waals surface area contributed by atoms with Gasteiger partial charge in [-0.05, 0) is 44.0 Å². The molecule has 1 atom stereocenters. The first-order valence-electron chi connectivity index (χ1n) is 8.83. The van der Waals surface area contributed by atoms with Crippen LogP contribution in [0.1, 0.15) is 42.3 Å². The third-order valence-corrected chi connectivity index (χ3v) is 4.77. The van der Waals surface area contributed by atoms with E-state index in [1.807, 2.05) is 12.1 Å². The van der Waals surface area contributed by atoms with Crippen LogP contribution in [0.25, 0.3) is 11.4 Å². The summed E-state index contributed by atoms with van der Waals surface area (Å²) >= 11 is 0. The SMILES string of the molecule is Cc1ccc(CN2CCCC[C@H]2c2nc(-c3cccnc3)no2)cc1. The van der Waals surface area contributed by atoms with Gasteiger partial charge in [-0.3, -0.25) is 9.88 Å². The number of hydrogen-bond donors (Lipinski definition) is 0. The van der Waals surface area contributed by atoms with Crippen LogP contribution in [0.2, 0.25) is 0 Å². The third kappa shape index (κ3) is 3.61. The maximum absolute atomic E-state index is 5.62. The molecule has 0 amide bonds. The van der Waals surface area contributed by atoms with Crippen LogP contribution in [-0.2, 0) is 6.54 Å². The lowest BCUT2D eigenvalue weighted by atomic mass is 10.0. The number of piperidine rings is 1. The topological polar surface area (TPSA) is 55.1 Å². The van der Waals surface area contributed by atoms with Gasteiger partial charge in [0.2, 0.25) is 11.7 Å². The molecule has 25 heavy (non-hydrogen) atoms. The van der Waals surface area contributed by atoms with Gasteiger partial charge in [0.05, 0.1) is 6.04 Å². The molecule has 4 rings (SSSR count). The third-order valence-electron chi connectivity index (χ3n) is 4.77. The van der Waals surface area contributed by atoms with Crippen molar-refractivity contribution in [3.8, 4) is 11.4 Å². The lowest BCUT2D eigenvalue weighted by molar-refractivity contribution is 0.111. The Bertz CT molecular complexity index is 813. The van der Waals surface area contributed by atoms with Crippen molar-refractivity contribution in [3.05, 3.63) is 65.8 Å². The number of benzene rings is 1. The number of aromatic nitrogens is 3. The van der Waals surface area contributed by atoms with Crippen LogP contribution in [0, 0.1) is 6.92 Å². The standard InChI is InChI=1S/C20H22N4O/c1-15-7-9-16(10-8-15)14-24-12-3-2-6-18(24)20-22-19(23-25-20)17-5-4-11-21-13-17/h4-5,7-11,13,18H,2-3,6,12,14H2,1H3/t18-/m0/s1. The molecule has 0 N–H and O–H groups in total. The fourth-order valence-corrected chi connectivity index (χ4v) is 3.37. The summed E-state index contributed by atoms with van der Waals surface area (Å²) in [4.78, 5) is 11.2. The second-order valence-electron chi connectivity index (χ2n) is 6.67. The summed E-state index contributed by atoms with van der Waals surface area (Å²) in [6.45, 7) is 4.09. The lowest BCUT2D eigenvalue weighted by Gasteiger charge is -2.33. The van der Waals surface area contributed by atoms with Crippen molar-refractivity contribution in [3.63, 3.8) is 0 Å². The van der Waals surface area contributed by atoms with Crippen molar-refractivity contribution in [2.45, 2.75) is 38.8 Å². The van der Waals surface area contributed by atoms with Crippen LogP contribution in [0.5, 0.6) is 0 Å². The Balaban J connectivity index is 1.55. The molecule has 1 aromatic carbocycles. The largest absolute Gasteiger partial charge is 0.337 e. The molecule has 0 saturated carbocycles. The van der Waals surface area contributed by atoms with E-state index < -0.39 is 0 Å². The molecule has 0 aliphatic carbocycles. The number of likely N-dealkylation sites (tertiary alicyclic amines) is 1. The van der Waals surface area contributed by atoms with Gasteiger partial charge in [0.25, 0.3) is 0 Å². The highest BCUT2D eigenvalue weighted by atomic mass is 16.5. The lowest BCUT2D eigenvalue weighted by Crippen LogP contribution is -2.33. The molecule has 5 nitrogen and oxygen atoms in total. The van der Waals surface area contributed by atoms with Crippen LogP contribution < -0.4 is 0 Å². The molecule has 3 heterocycles. The van der Waals surface area contributed by atoms with E-state index in [0.717, 1.165) is 25.1 Å². The number of hydrogen-bond acceptors (Lipinski definition) is 5. The van der Waals surface area contributed by atoms with E-state index in [4.69, 9.17) is 4.52 Å². The van der Waals surface area contributed by atoms with E-state index in [2.05, 4.69) is 51.2 Å². The minimum atomic E-state index is 0.188. The predicted octanol–water partition coefficient (Wildman–Crippen LogP) is 4.17. The van der Waals surface area contributed by atoms with E-state index >= 15 is 0 Å². The predicted molar refractivity (Wildman–Crippen MR) is 95.7 cm³/mol. The molecule has 0 spiro atoms. The van der Waals surface area contributed by atoms with Gasteiger partial charge in [-0.2, -0.15) is 4.98 Å². The Hall–Kier alpha value is -2.53. The minimum Gasteiger partial charge on any atom is -0.337 e. The van der Waals surface area contributed by atoms with Crippen LogP contribution in [-0.4, -0.2) is 26.6 Å². The highest BCUT2D eigenvalue weighted by Gasteiger charge is 2.29. The summed E-state index contributed by atoms with van der Waals surface area (Å²) in [5, 5.41) is 4.16. The molecule has 0 bridgehead atoms. The van der Waals surface area contributed by atoms with Crippen molar-refractivity contribution < 1.29 is 4.52 Å². The van der Waals surface area contributed by atoms with E-state index in [1.54, 1.807) is 12.4 Å². The zero-order valence-electron chi connectivity index (χ0n) is 14.4. The Labute approximate surface area is 147 Å². The number of nitrogens with zero attached hydrogens (tertiary/aromatic N) is 4. The molecule has 0 radical (unpaired) electrons. The Morgan fingerprint density at radius 1 is 1.16 bits per heavy atom. The van der Waals surface area contributed by atoms with Crippen molar-refractivity contribution >= 4 is 0 Å². The number of aryl methyl sites for hydroxylation is 1. The monoisotopic (exact) mass is 334 g/mol. The first-order valence-corrected chi connectivity index (χ1v) is 8.83. The smallest absolute Gasteiger partial charge is 0.244 e. The molecule has 0 unspecified atom stereocenters. The summed E-state index contributed by atoms with van der Waals surface area (Å²) in [6.07, 6.45) is 6.97. The molecular formula is C20H22N4O. The Morgan fingerprint density at radius 2 is 2.04 bits per heavy atom. The number of rotatable bonds is 4. The van der Waals surface area contributed by atoms with E-state index in [1.165, 1.54) is 24.0 Å². The van der Waals surface area contributed by atoms with Gasteiger partial charge in [-0.25, -0.2) is 0 Å². The van der Waals surface area contributed by atoms with Gasteiger partial charge in [-0.1, -0.05) is 41.4 Å². The Morgan fingerprint density at radius 3 is 2.84 bits per heavy atom. The van der Waals surface area contributed by atoms with Crippen LogP contribution in [0.3, 0.4) is 0 Å². The fourth-order valence-electron chi connectivity index (χ4n) is 3.37. The summed E-state index contributed by atoms with van der Waals surface area (Å²) in [5.74, 6) is 1.33. The molecule has 1 aliphatic rings. The second kappa shape index (κ2) is 7.15. The van der Waals surface area contributed by atoms with Gasteiger partial charge in [0.1, 0.15) is 0 Å². The average Bonchev–Trinajstić information content (AvgIpc) is 3.15. The number of pyridine rings is 1. The zero-order chi connectivity index (χ0) is 17.1. The van der Waals surface area contributed by atoms with Gasteiger partial charge in [0.15, 0.2) is 0 Å². The molecule has 1 fully saturated rings. The zero-order valence-corrected chi connectivity index (χ0v) is 14.4. The molecule has 128 valence electrons. The van der Waals surface area contributed by atoms with Crippen molar-refractivity contribution in [1.82, 2.24) is 20.0 Å². The van der Waals surface area contributed by atoms with Gasteiger partial charge < -0.3 is 4.52 Å². The molecule has 3 aromatic rings. The molecule has 1 aliphatic heterocycles. The summed E-state index contributed by atoms with van der Waals surface area (Å²) in [5.41, 5.74) is 3.50. The highest BCUT2D eigenvalue weighted by molar-refractivity contribution is 5.51. The summed E-state index contributed by atoms with van der Waals surface area (Å²) < 4.78 is 5.62. The maximum Gasteiger partial charge on any atom is 0.244 e. The van der Waals surface area contributed by atoms with Crippen molar-refractivity contribution in [2.24, 2.45) is 0 Å². The van der Waals surface area contributed by atoms with Crippen LogP contribution in [0.4, 0.5) is 0 Å². The minimum absolute atomic E-state index is 0.188. The van der Waals surface area contributed by atoms with Gasteiger partial charge >= 0.3 is 0 Å².